The van der Waals surface area contributed by atoms with E-state index in [0.717, 1.165) is 16.7 Å². The summed E-state index contributed by atoms with van der Waals surface area (Å²) in [5.41, 5.74) is 3.62. The highest BCUT2D eigenvalue weighted by Gasteiger charge is 2.45. The molecule has 10 heteroatoms. The van der Waals surface area contributed by atoms with Crippen molar-refractivity contribution in [2.24, 2.45) is 11.8 Å². The maximum absolute atomic E-state index is 14.3. The number of rotatable bonds is 12. The van der Waals surface area contributed by atoms with E-state index in [1.165, 1.54) is 4.90 Å². The van der Waals surface area contributed by atoms with Crippen LogP contribution >= 0.6 is 0 Å². The smallest absolute Gasteiger partial charge is 0.417 e. The number of hydrogen-bond donors (Lipinski definition) is 2. The monoisotopic (exact) mass is 653 g/mol. The highest BCUT2D eigenvalue weighted by atomic mass is 32.2. The number of cyclic esters (lactones) is 1. The molecule has 4 aromatic carbocycles. The number of nitrogens with zero attached hydrogens (tertiary/aromatic N) is 1. The second-order valence-electron chi connectivity index (χ2n) is 11.8. The van der Waals surface area contributed by atoms with Gasteiger partial charge >= 0.3 is 6.09 Å². The molecule has 0 radical (unpaired) electrons. The van der Waals surface area contributed by atoms with Crippen molar-refractivity contribution in [3.8, 4) is 0 Å². The fraction of sp³-hybridized carbons (Fsp3) is 0.270. The average molecular weight is 654 g/mol. The minimum atomic E-state index is -3.29. The molecule has 1 aliphatic heterocycles. The van der Waals surface area contributed by atoms with Gasteiger partial charge in [-0.2, -0.15) is 0 Å². The molecular formula is C37H39N3O6S. The molecule has 47 heavy (non-hydrogen) atoms. The lowest BCUT2D eigenvalue weighted by atomic mass is 9.82. The van der Waals surface area contributed by atoms with Crippen molar-refractivity contribution in [3.63, 3.8) is 0 Å². The van der Waals surface area contributed by atoms with Crippen LogP contribution in [-0.2, 0) is 25.9 Å². The van der Waals surface area contributed by atoms with Gasteiger partial charge in [-0.1, -0.05) is 93.6 Å². The maximum Gasteiger partial charge on any atom is 0.417 e. The van der Waals surface area contributed by atoms with E-state index in [1.807, 2.05) is 74.5 Å². The van der Waals surface area contributed by atoms with Gasteiger partial charge in [0.2, 0.25) is 5.91 Å². The Labute approximate surface area is 275 Å². The van der Waals surface area contributed by atoms with E-state index in [0.29, 0.717) is 11.3 Å². The van der Waals surface area contributed by atoms with Gasteiger partial charge in [-0.25, -0.2) is 18.1 Å². The molecule has 1 unspecified atom stereocenters. The highest BCUT2D eigenvalue weighted by molar-refractivity contribution is 7.91. The maximum atomic E-state index is 14.3. The van der Waals surface area contributed by atoms with Crippen LogP contribution in [0.2, 0.25) is 0 Å². The van der Waals surface area contributed by atoms with E-state index in [1.54, 1.807) is 55.5 Å². The standard InChI is InChI=1S/C37H39N3O6S/c1-4-47(44,45)31-21-15-26(16-22-31)23-38-35(41)29-17-19-30(20-18-29)39-34(28-13-9-6-10-14-28)33(25(2)3)36(42)40-32(24-46-37(40)43)27-11-7-5-8-12-27/h5-22,25,32-34,39H,4,23-24H2,1-3H3,(H,38,41)/t32?,33-,34-/m1/s1. The van der Waals surface area contributed by atoms with Crippen LogP contribution in [0.4, 0.5) is 10.5 Å². The number of sulfone groups is 1. The minimum absolute atomic E-state index is 0.0241. The van der Waals surface area contributed by atoms with Crippen LogP contribution in [0.1, 0.15) is 59.9 Å². The van der Waals surface area contributed by atoms with Crippen LogP contribution in [0.5, 0.6) is 0 Å². The number of carbonyl (C=O) groups is 3. The molecule has 0 spiro atoms. The van der Waals surface area contributed by atoms with Gasteiger partial charge in [0.25, 0.3) is 5.91 Å². The van der Waals surface area contributed by atoms with Crippen LogP contribution in [-0.4, -0.2) is 43.6 Å². The molecule has 0 bridgehead atoms. The molecule has 0 aliphatic carbocycles. The Morgan fingerprint density at radius 3 is 2.09 bits per heavy atom. The SMILES string of the molecule is CCS(=O)(=O)c1ccc(CNC(=O)c2ccc(N[C@H](c3ccccc3)[C@H](C(=O)N3C(=O)OCC3c3ccccc3)C(C)C)cc2)cc1. The zero-order valence-electron chi connectivity index (χ0n) is 26.6. The van der Waals surface area contributed by atoms with E-state index in [-0.39, 0.29) is 41.5 Å². The third-order valence-electron chi connectivity index (χ3n) is 8.40. The van der Waals surface area contributed by atoms with Crippen LogP contribution in [0.25, 0.3) is 0 Å². The van der Waals surface area contributed by atoms with Crippen molar-refractivity contribution >= 4 is 33.4 Å². The normalized spacial score (nSPS) is 16.0. The first kappa shape index (κ1) is 33.4. The van der Waals surface area contributed by atoms with Crippen molar-refractivity contribution in [2.45, 2.75) is 44.3 Å². The molecule has 3 atom stereocenters. The second-order valence-corrected chi connectivity index (χ2v) is 14.1. The lowest BCUT2D eigenvalue weighted by Crippen LogP contribution is -2.44. The Kier molecular flexibility index (Phi) is 10.4. The Morgan fingerprint density at radius 1 is 0.872 bits per heavy atom. The first-order valence-corrected chi connectivity index (χ1v) is 17.3. The number of carbonyl (C=O) groups excluding carboxylic acids is 3. The third kappa shape index (κ3) is 7.72. The van der Waals surface area contributed by atoms with Gasteiger partial charge < -0.3 is 15.4 Å². The largest absolute Gasteiger partial charge is 0.446 e. The van der Waals surface area contributed by atoms with E-state index >= 15 is 0 Å². The molecule has 5 rings (SSSR count). The molecule has 9 nitrogen and oxygen atoms in total. The van der Waals surface area contributed by atoms with Crippen LogP contribution < -0.4 is 10.6 Å². The summed E-state index contributed by atoms with van der Waals surface area (Å²) >= 11 is 0. The van der Waals surface area contributed by atoms with Gasteiger partial charge in [-0.15, -0.1) is 0 Å². The number of imide groups is 1. The van der Waals surface area contributed by atoms with E-state index < -0.39 is 33.9 Å². The number of hydrogen-bond acceptors (Lipinski definition) is 7. The molecule has 244 valence electrons. The van der Waals surface area contributed by atoms with E-state index in [2.05, 4.69) is 10.6 Å². The second kappa shape index (κ2) is 14.6. The van der Waals surface area contributed by atoms with Crippen LogP contribution in [0.15, 0.2) is 114 Å². The first-order chi connectivity index (χ1) is 22.6. The summed E-state index contributed by atoms with van der Waals surface area (Å²) < 4.78 is 29.5. The lowest BCUT2D eigenvalue weighted by Gasteiger charge is -2.34. The van der Waals surface area contributed by atoms with Gasteiger partial charge in [0.15, 0.2) is 9.84 Å². The summed E-state index contributed by atoms with van der Waals surface area (Å²) in [4.78, 5) is 41.7. The number of nitrogens with one attached hydrogen (secondary N) is 2. The minimum Gasteiger partial charge on any atom is -0.446 e. The van der Waals surface area contributed by atoms with Crippen LogP contribution in [0.3, 0.4) is 0 Å². The predicted octanol–water partition coefficient (Wildman–Crippen LogP) is 6.56. The molecule has 1 heterocycles. The van der Waals surface area contributed by atoms with E-state index in [4.69, 9.17) is 4.74 Å². The molecule has 0 saturated carbocycles. The predicted molar refractivity (Wildman–Crippen MR) is 180 cm³/mol. The van der Waals surface area contributed by atoms with Gasteiger partial charge in [0.1, 0.15) is 12.6 Å². The summed E-state index contributed by atoms with van der Waals surface area (Å²) in [6, 6.07) is 31.5. The zero-order valence-corrected chi connectivity index (χ0v) is 27.4. The van der Waals surface area contributed by atoms with E-state index in [9.17, 15) is 22.8 Å². The van der Waals surface area contributed by atoms with Gasteiger partial charge in [0.05, 0.1) is 22.6 Å². The molecule has 2 N–H and O–H groups in total. The Balaban J connectivity index is 1.33. The van der Waals surface area contributed by atoms with Crippen molar-refractivity contribution in [1.29, 1.82) is 0 Å². The zero-order chi connectivity index (χ0) is 33.6. The summed E-state index contributed by atoms with van der Waals surface area (Å²) in [6.45, 7) is 5.86. The quantitative estimate of drug-likeness (QED) is 0.178. The third-order valence-corrected chi connectivity index (χ3v) is 10.2. The summed E-state index contributed by atoms with van der Waals surface area (Å²) in [5.74, 6) is -1.36. The molecule has 3 amide bonds. The Hall–Kier alpha value is -4.96. The molecule has 4 aromatic rings. The van der Waals surface area contributed by atoms with Crippen molar-refractivity contribution in [1.82, 2.24) is 10.2 Å². The number of ether oxygens (including phenoxy) is 1. The summed E-state index contributed by atoms with van der Waals surface area (Å²) in [5, 5.41) is 6.39. The van der Waals surface area contributed by atoms with Crippen molar-refractivity contribution in [3.05, 3.63) is 131 Å². The molecule has 1 saturated heterocycles. The number of benzene rings is 4. The lowest BCUT2D eigenvalue weighted by molar-refractivity contribution is -0.135. The molecule has 1 aliphatic rings. The average Bonchev–Trinajstić information content (AvgIpc) is 3.49. The molecule has 1 fully saturated rings. The number of amides is 3. The fourth-order valence-electron chi connectivity index (χ4n) is 5.76. The van der Waals surface area contributed by atoms with Crippen molar-refractivity contribution in [2.75, 3.05) is 17.7 Å². The van der Waals surface area contributed by atoms with Gasteiger partial charge in [0, 0.05) is 17.8 Å². The van der Waals surface area contributed by atoms with Gasteiger partial charge in [-0.3, -0.25) is 9.59 Å². The Morgan fingerprint density at radius 2 is 1.49 bits per heavy atom. The van der Waals surface area contributed by atoms with Gasteiger partial charge in [-0.05, 0) is 59.0 Å². The fourth-order valence-corrected chi connectivity index (χ4v) is 6.65. The highest BCUT2D eigenvalue weighted by Crippen LogP contribution is 2.37. The van der Waals surface area contributed by atoms with Crippen LogP contribution in [0, 0.1) is 11.8 Å². The molecule has 0 aromatic heterocycles. The number of anilines is 1. The summed E-state index contributed by atoms with van der Waals surface area (Å²) in [7, 11) is -3.29. The topological polar surface area (TPSA) is 122 Å². The van der Waals surface area contributed by atoms with Crippen molar-refractivity contribution < 1.29 is 27.5 Å². The first-order valence-electron chi connectivity index (χ1n) is 15.6. The molecular weight excluding hydrogens is 614 g/mol. The summed E-state index contributed by atoms with van der Waals surface area (Å²) in [6.07, 6.45) is -0.654. The Bertz CT molecular complexity index is 1790.